The molecule has 0 spiro atoms. The molecule has 0 heterocycles. The number of carbonyl (C=O) groups is 1. The van der Waals surface area contributed by atoms with E-state index in [-0.39, 0.29) is 11.7 Å². The molecule has 0 radical (unpaired) electrons. The summed E-state index contributed by atoms with van der Waals surface area (Å²) in [6.45, 7) is 0. The summed E-state index contributed by atoms with van der Waals surface area (Å²) in [6.07, 6.45) is 1.46. The summed E-state index contributed by atoms with van der Waals surface area (Å²) in [7, 11) is 3.01. The lowest BCUT2D eigenvalue weighted by atomic mass is 10.2. The summed E-state index contributed by atoms with van der Waals surface area (Å²) in [4.78, 5) is 12.0. The normalized spacial score (nSPS) is 10.6. The minimum Gasteiger partial charge on any atom is -0.504 e. The van der Waals surface area contributed by atoms with Crippen LogP contribution in [0, 0.1) is 0 Å². The molecule has 0 aromatic heterocycles. The van der Waals surface area contributed by atoms with E-state index >= 15 is 0 Å². The van der Waals surface area contributed by atoms with E-state index in [0.717, 1.165) is 0 Å². The summed E-state index contributed by atoms with van der Waals surface area (Å²) >= 11 is 3.32. The summed E-state index contributed by atoms with van der Waals surface area (Å²) < 4.78 is 10.8. The fourth-order valence-corrected chi connectivity index (χ4v) is 2.35. The number of carbonyl (C=O) groups excluding carboxylic acids is 1. The van der Waals surface area contributed by atoms with Crippen molar-refractivity contribution in [1.82, 2.24) is 5.43 Å². The number of ether oxygens (including phenoxy) is 2. The van der Waals surface area contributed by atoms with E-state index in [1.807, 2.05) is 0 Å². The first-order valence-electron chi connectivity index (χ1n) is 6.59. The fraction of sp³-hybridized carbons (Fsp3) is 0.125. The van der Waals surface area contributed by atoms with Crippen LogP contribution in [0.2, 0.25) is 0 Å². The molecule has 6 nitrogen and oxygen atoms in total. The third kappa shape index (κ3) is 4.23. The summed E-state index contributed by atoms with van der Waals surface area (Å²) in [5.74, 6) is 0.660. The van der Waals surface area contributed by atoms with Gasteiger partial charge in [0.05, 0.1) is 24.9 Å². The second kappa shape index (κ2) is 7.64. The number of phenols is 1. The maximum Gasteiger partial charge on any atom is 0.271 e. The Balaban J connectivity index is 2.05. The molecule has 0 bridgehead atoms. The molecule has 7 heteroatoms. The predicted molar refractivity (Wildman–Crippen MR) is 90.4 cm³/mol. The molecule has 23 heavy (non-hydrogen) atoms. The molecule has 2 N–H and O–H groups in total. The van der Waals surface area contributed by atoms with Crippen molar-refractivity contribution in [3.63, 3.8) is 0 Å². The second-order valence-corrected chi connectivity index (χ2v) is 5.33. The van der Waals surface area contributed by atoms with Crippen LogP contribution >= 0.6 is 15.9 Å². The van der Waals surface area contributed by atoms with Crippen molar-refractivity contribution in [2.45, 2.75) is 0 Å². The van der Waals surface area contributed by atoms with E-state index in [2.05, 4.69) is 26.5 Å². The molecule has 0 unspecified atom stereocenters. The van der Waals surface area contributed by atoms with Gasteiger partial charge in [0.1, 0.15) is 5.75 Å². The Hall–Kier alpha value is -2.54. The van der Waals surface area contributed by atoms with Crippen LogP contribution in [-0.2, 0) is 0 Å². The van der Waals surface area contributed by atoms with Gasteiger partial charge in [-0.2, -0.15) is 5.10 Å². The van der Waals surface area contributed by atoms with Crippen molar-refractivity contribution >= 4 is 28.1 Å². The molecule has 2 aromatic rings. The first kappa shape index (κ1) is 16.8. The summed E-state index contributed by atoms with van der Waals surface area (Å²) in [5.41, 5.74) is 3.55. The number of benzene rings is 2. The van der Waals surface area contributed by atoms with Gasteiger partial charge in [-0.1, -0.05) is 0 Å². The number of halogens is 1. The molecule has 0 fully saturated rings. The van der Waals surface area contributed by atoms with Crippen LogP contribution in [-0.4, -0.2) is 31.4 Å². The van der Waals surface area contributed by atoms with Crippen molar-refractivity contribution in [2.75, 3.05) is 14.2 Å². The van der Waals surface area contributed by atoms with E-state index in [9.17, 15) is 9.90 Å². The maximum atomic E-state index is 12.0. The molecule has 1 amide bonds. The monoisotopic (exact) mass is 378 g/mol. The Bertz CT molecular complexity index is 747. The summed E-state index contributed by atoms with van der Waals surface area (Å²) in [6, 6.07) is 9.72. The quantitative estimate of drug-likeness (QED) is 0.619. The van der Waals surface area contributed by atoms with Gasteiger partial charge < -0.3 is 14.6 Å². The van der Waals surface area contributed by atoms with Gasteiger partial charge in [0.15, 0.2) is 11.5 Å². The van der Waals surface area contributed by atoms with Crippen molar-refractivity contribution in [3.8, 4) is 17.2 Å². The highest BCUT2D eigenvalue weighted by atomic mass is 79.9. The molecule has 0 atom stereocenters. The largest absolute Gasteiger partial charge is 0.504 e. The second-order valence-electron chi connectivity index (χ2n) is 4.48. The van der Waals surface area contributed by atoms with Gasteiger partial charge in [0, 0.05) is 5.56 Å². The van der Waals surface area contributed by atoms with Gasteiger partial charge in [0.2, 0.25) is 0 Å². The average molecular weight is 379 g/mol. The number of hydrogen-bond donors (Lipinski definition) is 2. The number of nitrogens with zero attached hydrogens (tertiary/aromatic N) is 1. The Kier molecular flexibility index (Phi) is 5.59. The topological polar surface area (TPSA) is 80.2 Å². The number of phenolic OH excluding ortho intramolecular Hbond substituents is 1. The van der Waals surface area contributed by atoms with Gasteiger partial charge in [-0.25, -0.2) is 5.43 Å². The number of hydrogen-bond acceptors (Lipinski definition) is 5. The van der Waals surface area contributed by atoms with Crippen molar-refractivity contribution in [2.24, 2.45) is 5.10 Å². The standard InChI is InChI=1S/C16H15BrN2O4/c1-22-14-6-4-11(8-12(14)17)16(21)19-18-9-10-3-5-13(20)15(7-10)23-2/h3-9,20H,1-2H3,(H,19,21). The van der Waals surface area contributed by atoms with Gasteiger partial charge in [-0.05, 0) is 57.9 Å². The minimum atomic E-state index is -0.352. The Morgan fingerprint density at radius 2 is 1.91 bits per heavy atom. The molecule has 0 saturated heterocycles. The SMILES string of the molecule is COc1cc(C=NNC(=O)c2ccc(OC)c(Br)c2)ccc1O. The van der Waals surface area contributed by atoms with Crippen LogP contribution in [0.5, 0.6) is 17.2 Å². The predicted octanol–water partition coefficient (Wildman–Crippen LogP) is 2.94. The van der Waals surface area contributed by atoms with Gasteiger partial charge in [-0.15, -0.1) is 0 Å². The van der Waals surface area contributed by atoms with Gasteiger partial charge >= 0.3 is 0 Å². The van der Waals surface area contributed by atoms with Crippen LogP contribution in [0.4, 0.5) is 0 Å². The van der Waals surface area contributed by atoms with Crippen LogP contribution in [0.3, 0.4) is 0 Å². The van der Waals surface area contributed by atoms with E-state index < -0.39 is 0 Å². The van der Waals surface area contributed by atoms with Crippen molar-refractivity contribution in [3.05, 3.63) is 52.0 Å². The number of hydrazone groups is 1. The van der Waals surface area contributed by atoms with Crippen LogP contribution in [0.1, 0.15) is 15.9 Å². The molecule has 0 aliphatic carbocycles. The Morgan fingerprint density at radius 1 is 1.17 bits per heavy atom. The van der Waals surface area contributed by atoms with E-state index in [0.29, 0.717) is 27.1 Å². The molecule has 2 rings (SSSR count). The molecule has 120 valence electrons. The third-order valence-corrected chi connectivity index (χ3v) is 3.62. The number of nitrogens with one attached hydrogen (secondary N) is 1. The lowest BCUT2D eigenvalue weighted by molar-refractivity contribution is 0.0955. The number of amides is 1. The number of aromatic hydroxyl groups is 1. The van der Waals surface area contributed by atoms with Gasteiger partial charge in [0.25, 0.3) is 5.91 Å². The summed E-state index contributed by atoms with van der Waals surface area (Å²) in [5, 5.41) is 13.4. The molecule has 2 aromatic carbocycles. The molecule has 0 aliphatic rings. The smallest absolute Gasteiger partial charge is 0.271 e. The number of rotatable bonds is 5. The minimum absolute atomic E-state index is 0.0387. The van der Waals surface area contributed by atoms with Crippen LogP contribution < -0.4 is 14.9 Å². The first-order chi connectivity index (χ1) is 11.0. The lowest BCUT2D eigenvalue weighted by Gasteiger charge is -2.05. The van der Waals surface area contributed by atoms with E-state index in [4.69, 9.17) is 9.47 Å². The lowest BCUT2D eigenvalue weighted by Crippen LogP contribution is -2.17. The highest BCUT2D eigenvalue weighted by Gasteiger charge is 2.08. The molecular weight excluding hydrogens is 364 g/mol. The van der Waals surface area contributed by atoms with Crippen molar-refractivity contribution < 1.29 is 19.4 Å². The maximum absolute atomic E-state index is 12.0. The zero-order valence-electron chi connectivity index (χ0n) is 12.5. The van der Waals surface area contributed by atoms with Crippen LogP contribution in [0.15, 0.2) is 46.0 Å². The fourth-order valence-electron chi connectivity index (χ4n) is 1.81. The molecule has 0 saturated carbocycles. The van der Waals surface area contributed by atoms with Crippen LogP contribution in [0.25, 0.3) is 0 Å². The van der Waals surface area contributed by atoms with E-state index in [1.165, 1.54) is 19.4 Å². The zero-order valence-corrected chi connectivity index (χ0v) is 14.1. The highest BCUT2D eigenvalue weighted by Crippen LogP contribution is 2.26. The first-order valence-corrected chi connectivity index (χ1v) is 7.38. The Morgan fingerprint density at radius 3 is 2.57 bits per heavy atom. The third-order valence-electron chi connectivity index (χ3n) is 3.00. The van der Waals surface area contributed by atoms with Gasteiger partial charge in [-0.3, -0.25) is 4.79 Å². The van der Waals surface area contributed by atoms with Crippen molar-refractivity contribution in [1.29, 1.82) is 0 Å². The molecular formula is C16H15BrN2O4. The average Bonchev–Trinajstić information content (AvgIpc) is 2.56. The molecule has 0 aliphatic heterocycles. The zero-order chi connectivity index (χ0) is 16.8. The number of methoxy groups -OCH3 is 2. The van der Waals surface area contributed by atoms with E-state index in [1.54, 1.807) is 37.4 Å². The highest BCUT2D eigenvalue weighted by molar-refractivity contribution is 9.10. The Labute approximate surface area is 141 Å².